The summed E-state index contributed by atoms with van der Waals surface area (Å²) in [5.74, 6) is 1.91. The summed E-state index contributed by atoms with van der Waals surface area (Å²) in [6, 6.07) is 9.67. The van der Waals surface area contributed by atoms with Crippen LogP contribution in [0.4, 0.5) is 5.69 Å². The van der Waals surface area contributed by atoms with Gasteiger partial charge in [-0.2, -0.15) is 0 Å². The van der Waals surface area contributed by atoms with Gasteiger partial charge in [0.1, 0.15) is 17.1 Å². The number of guanidine groups is 1. The molecule has 0 saturated carbocycles. The molecule has 31 heavy (non-hydrogen) atoms. The predicted molar refractivity (Wildman–Crippen MR) is 127 cm³/mol. The summed E-state index contributed by atoms with van der Waals surface area (Å²) in [7, 11) is 2.15. The van der Waals surface area contributed by atoms with Gasteiger partial charge in [-0.1, -0.05) is 17.7 Å². The molecule has 1 fully saturated rings. The van der Waals surface area contributed by atoms with Gasteiger partial charge in [0.2, 0.25) is 0 Å². The monoisotopic (exact) mass is 447 g/mol. The van der Waals surface area contributed by atoms with Gasteiger partial charge in [-0.15, -0.1) is 0 Å². The molecule has 7 nitrogen and oxygen atoms in total. The second kappa shape index (κ2) is 10.4. The molecule has 2 heterocycles. The standard InChI is InChI=1S/C23H34ClN5O2/c1-5-25-22(27-16-23(3,30)21-10-9-17(2)31-21)26-15-18-19(24)7-6-8-20(18)29-13-11-28(4)12-14-29/h6-10,30H,5,11-16H2,1-4H3,(H2,25,26,27). The number of aliphatic hydroxyl groups is 1. The average Bonchev–Trinajstić information content (AvgIpc) is 3.19. The molecule has 0 radical (unpaired) electrons. The van der Waals surface area contributed by atoms with Crippen molar-refractivity contribution in [2.75, 3.05) is 51.2 Å². The molecule has 170 valence electrons. The van der Waals surface area contributed by atoms with Crippen molar-refractivity contribution in [1.82, 2.24) is 15.5 Å². The Kier molecular flexibility index (Phi) is 7.86. The Hall–Kier alpha value is -2.22. The summed E-state index contributed by atoms with van der Waals surface area (Å²) < 4.78 is 5.60. The Morgan fingerprint density at radius 2 is 1.94 bits per heavy atom. The van der Waals surface area contributed by atoms with Gasteiger partial charge in [0.05, 0.1) is 13.1 Å². The van der Waals surface area contributed by atoms with Crippen molar-refractivity contribution in [1.29, 1.82) is 0 Å². The van der Waals surface area contributed by atoms with E-state index in [1.165, 1.54) is 0 Å². The highest BCUT2D eigenvalue weighted by molar-refractivity contribution is 6.31. The molecule has 1 saturated heterocycles. The molecule has 1 aromatic heterocycles. The van der Waals surface area contributed by atoms with Crippen LogP contribution in [0.15, 0.2) is 39.7 Å². The third-order valence-corrected chi connectivity index (χ3v) is 5.90. The third-order valence-electron chi connectivity index (χ3n) is 5.55. The normalized spacial score (nSPS) is 17.5. The molecule has 1 aliphatic heterocycles. The summed E-state index contributed by atoms with van der Waals surface area (Å²) in [6.07, 6.45) is 0. The lowest BCUT2D eigenvalue weighted by atomic mass is 10.0. The number of benzene rings is 1. The Balaban J connectivity index is 1.73. The van der Waals surface area contributed by atoms with Crippen molar-refractivity contribution < 1.29 is 9.52 Å². The second-order valence-corrected chi connectivity index (χ2v) is 8.67. The largest absolute Gasteiger partial charge is 0.463 e. The van der Waals surface area contributed by atoms with E-state index < -0.39 is 5.60 Å². The molecule has 0 aliphatic carbocycles. The van der Waals surface area contributed by atoms with Crippen LogP contribution in [0.5, 0.6) is 0 Å². The number of rotatable bonds is 7. The van der Waals surface area contributed by atoms with Crippen molar-refractivity contribution in [3.05, 3.63) is 52.4 Å². The number of anilines is 1. The van der Waals surface area contributed by atoms with Crippen LogP contribution < -0.4 is 15.5 Å². The Morgan fingerprint density at radius 3 is 2.58 bits per heavy atom. The molecular weight excluding hydrogens is 414 g/mol. The number of nitrogens with one attached hydrogen (secondary N) is 2. The van der Waals surface area contributed by atoms with Crippen LogP contribution in [-0.4, -0.2) is 62.3 Å². The molecule has 1 unspecified atom stereocenters. The van der Waals surface area contributed by atoms with Crippen molar-refractivity contribution in [2.24, 2.45) is 4.99 Å². The van der Waals surface area contributed by atoms with E-state index in [-0.39, 0.29) is 6.54 Å². The maximum atomic E-state index is 10.8. The number of aryl methyl sites for hydroxylation is 1. The SMILES string of the molecule is CCNC(=NCc1c(Cl)cccc1N1CCN(C)CC1)NCC(C)(O)c1ccc(C)o1. The van der Waals surface area contributed by atoms with Crippen molar-refractivity contribution in [3.63, 3.8) is 0 Å². The van der Waals surface area contributed by atoms with Crippen molar-refractivity contribution in [3.8, 4) is 0 Å². The fourth-order valence-electron chi connectivity index (χ4n) is 3.61. The molecule has 3 N–H and O–H groups in total. The first-order valence-electron chi connectivity index (χ1n) is 10.8. The van der Waals surface area contributed by atoms with E-state index in [1.807, 2.05) is 32.0 Å². The minimum atomic E-state index is -1.15. The summed E-state index contributed by atoms with van der Waals surface area (Å²) in [6.45, 7) is 11.0. The fraction of sp³-hybridized carbons (Fsp3) is 0.522. The number of hydrogen-bond donors (Lipinski definition) is 3. The zero-order chi connectivity index (χ0) is 22.4. The van der Waals surface area contributed by atoms with Crippen LogP contribution in [0.2, 0.25) is 5.02 Å². The Bertz CT molecular complexity index is 888. The first-order valence-corrected chi connectivity index (χ1v) is 11.2. The van der Waals surface area contributed by atoms with E-state index in [9.17, 15) is 5.11 Å². The molecule has 0 amide bonds. The maximum absolute atomic E-state index is 10.8. The Morgan fingerprint density at radius 1 is 1.19 bits per heavy atom. The Labute approximate surface area is 190 Å². The first kappa shape index (κ1) is 23.4. The summed E-state index contributed by atoms with van der Waals surface area (Å²) in [4.78, 5) is 9.46. The summed E-state index contributed by atoms with van der Waals surface area (Å²) in [5.41, 5.74) is 0.998. The number of halogens is 1. The molecule has 8 heteroatoms. The number of aliphatic imine (C=N–C) groups is 1. The molecule has 2 aromatic rings. The highest BCUT2D eigenvalue weighted by Crippen LogP contribution is 2.29. The van der Waals surface area contributed by atoms with Gasteiger partial charge in [0.15, 0.2) is 5.96 Å². The number of likely N-dealkylation sites (N-methyl/N-ethyl adjacent to an activating group) is 1. The topological polar surface area (TPSA) is 76.3 Å². The molecule has 0 spiro atoms. The maximum Gasteiger partial charge on any atom is 0.191 e. The molecule has 3 rings (SSSR count). The molecule has 0 bridgehead atoms. The lowest BCUT2D eigenvalue weighted by Gasteiger charge is -2.35. The van der Waals surface area contributed by atoms with E-state index in [0.717, 1.165) is 43.2 Å². The van der Waals surface area contributed by atoms with Gasteiger partial charge < -0.3 is 30.0 Å². The number of furan rings is 1. The first-order chi connectivity index (χ1) is 14.8. The van der Waals surface area contributed by atoms with Gasteiger partial charge in [-0.3, -0.25) is 0 Å². The zero-order valence-electron chi connectivity index (χ0n) is 18.9. The molecule has 1 atom stereocenters. The smallest absolute Gasteiger partial charge is 0.191 e. The van der Waals surface area contributed by atoms with Crippen LogP contribution in [-0.2, 0) is 12.1 Å². The van der Waals surface area contributed by atoms with Gasteiger partial charge in [0, 0.05) is 49.0 Å². The van der Waals surface area contributed by atoms with Crippen LogP contribution >= 0.6 is 11.6 Å². The number of piperazine rings is 1. The quantitative estimate of drug-likeness (QED) is 0.447. The van der Waals surface area contributed by atoms with Crippen LogP contribution in [0, 0.1) is 6.92 Å². The number of hydrogen-bond acceptors (Lipinski definition) is 5. The number of nitrogens with zero attached hydrogens (tertiary/aromatic N) is 3. The molecule has 1 aliphatic rings. The highest BCUT2D eigenvalue weighted by atomic mass is 35.5. The van der Waals surface area contributed by atoms with Gasteiger partial charge in [0.25, 0.3) is 0 Å². The average molecular weight is 448 g/mol. The van der Waals surface area contributed by atoms with Crippen LogP contribution in [0.3, 0.4) is 0 Å². The van der Waals surface area contributed by atoms with Gasteiger partial charge in [-0.05, 0) is 52.1 Å². The lowest BCUT2D eigenvalue weighted by Crippen LogP contribution is -2.45. The van der Waals surface area contributed by atoms with E-state index in [1.54, 1.807) is 13.0 Å². The summed E-state index contributed by atoms with van der Waals surface area (Å²) >= 11 is 6.57. The van der Waals surface area contributed by atoms with Gasteiger partial charge >= 0.3 is 0 Å². The van der Waals surface area contributed by atoms with Crippen molar-refractivity contribution in [2.45, 2.75) is 32.9 Å². The molecule has 1 aromatic carbocycles. The summed E-state index contributed by atoms with van der Waals surface area (Å²) in [5, 5.41) is 18.0. The minimum absolute atomic E-state index is 0.264. The van der Waals surface area contributed by atoms with Crippen molar-refractivity contribution >= 4 is 23.2 Å². The van der Waals surface area contributed by atoms with Gasteiger partial charge in [-0.25, -0.2) is 4.99 Å². The van der Waals surface area contributed by atoms with E-state index in [2.05, 4.69) is 33.5 Å². The van der Waals surface area contributed by atoms with Crippen LogP contribution in [0.25, 0.3) is 0 Å². The third kappa shape index (κ3) is 6.15. The second-order valence-electron chi connectivity index (χ2n) is 8.26. The predicted octanol–water partition coefficient (Wildman–Crippen LogP) is 2.96. The van der Waals surface area contributed by atoms with E-state index in [4.69, 9.17) is 21.0 Å². The minimum Gasteiger partial charge on any atom is -0.463 e. The lowest BCUT2D eigenvalue weighted by molar-refractivity contribution is 0.0378. The van der Waals surface area contributed by atoms with E-state index >= 15 is 0 Å². The van der Waals surface area contributed by atoms with E-state index in [0.29, 0.717) is 29.8 Å². The highest BCUT2D eigenvalue weighted by Gasteiger charge is 2.27. The molecular formula is C23H34ClN5O2. The van der Waals surface area contributed by atoms with Crippen LogP contribution in [0.1, 0.15) is 30.9 Å². The fourth-order valence-corrected chi connectivity index (χ4v) is 3.84. The zero-order valence-corrected chi connectivity index (χ0v) is 19.7.